The summed E-state index contributed by atoms with van der Waals surface area (Å²) in [6.45, 7) is 3.71. The molecule has 1 heterocycles. The van der Waals surface area contributed by atoms with Crippen LogP contribution < -0.4 is 5.32 Å². The Morgan fingerprint density at radius 2 is 2.12 bits per heavy atom. The Balaban J connectivity index is 1.56. The van der Waals surface area contributed by atoms with Gasteiger partial charge in [0, 0.05) is 6.42 Å². The fraction of sp³-hybridized carbons (Fsp3) is 0.846. The Kier molecular flexibility index (Phi) is 3.14. The summed E-state index contributed by atoms with van der Waals surface area (Å²) >= 11 is 0. The maximum atomic E-state index is 5.67. The molecule has 1 aromatic heterocycles. The fourth-order valence-corrected chi connectivity index (χ4v) is 3.52. The topological polar surface area (TPSA) is 51.0 Å². The Bertz CT molecular complexity index is 376. The highest BCUT2D eigenvalue weighted by molar-refractivity contribution is 4.94. The molecule has 2 aliphatic carbocycles. The molecule has 1 aromatic rings. The average molecular weight is 235 g/mol. The van der Waals surface area contributed by atoms with Crippen LogP contribution in [-0.4, -0.2) is 16.7 Å². The van der Waals surface area contributed by atoms with Crippen LogP contribution in [-0.2, 0) is 13.0 Å². The van der Waals surface area contributed by atoms with Gasteiger partial charge < -0.3 is 9.73 Å². The summed E-state index contributed by atoms with van der Waals surface area (Å²) < 4.78 is 5.67. The van der Waals surface area contributed by atoms with Gasteiger partial charge in [0.15, 0.2) is 0 Å². The van der Waals surface area contributed by atoms with Crippen LogP contribution in [0.25, 0.3) is 0 Å². The van der Waals surface area contributed by atoms with Gasteiger partial charge in [0.1, 0.15) is 0 Å². The second-order valence-electron chi connectivity index (χ2n) is 5.51. The van der Waals surface area contributed by atoms with Gasteiger partial charge in [-0.3, -0.25) is 0 Å². The molecule has 0 aliphatic heterocycles. The van der Waals surface area contributed by atoms with Crippen molar-refractivity contribution in [3.8, 4) is 0 Å². The highest BCUT2D eigenvalue weighted by atomic mass is 16.4. The van der Waals surface area contributed by atoms with Crippen molar-refractivity contribution >= 4 is 0 Å². The zero-order valence-corrected chi connectivity index (χ0v) is 10.5. The Morgan fingerprint density at radius 1 is 1.24 bits per heavy atom. The van der Waals surface area contributed by atoms with Gasteiger partial charge in [-0.25, -0.2) is 0 Å². The molecule has 0 saturated heterocycles. The molecule has 2 saturated carbocycles. The van der Waals surface area contributed by atoms with Crippen LogP contribution in [0, 0.1) is 17.8 Å². The Morgan fingerprint density at radius 3 is 2.82 bits per heavy atom. The van der Waals surface area contributed by atoms with Gasteiger partial charge in [0.25, 0.3) is 0 Å². The molecule has 3 unspecified atom stereocenters. The summed E-state index contributed by atoms with van der Waals surface area (Å²) in [7, 11) is 0. The van der Waals surface area contributed by atoms with E-state index in [9.17, 15) is 0 Å². The molecule has 17 heavy (non-hydrogen) atoms. The van der Waals surface area contributed by atoms with Crippen molar-refractivity contribution in [1.29, 1.82) is 0 Å². The predicted molar refractivity (Wildman–Crippen MR) is 64.3 cm³/mol. The molecule has 3 atom stereocenters. The van der Waals surface area contributed by atoms with Crippen LogP contribution in [0.3, 0.4) is 0 Å². The lowest BCUT2D eigenvalue weighted by molar-refractivity contribution is 0.302. The zero-order valence-electron chi connectivity index (χ0n) is 10.5. The van der Waals surface area contributed by atoms with Crippen LogP contribution in [0.2, 0.25) is 0 Å². The van der Waals surface area contributed by atoms with Crippen LogP contribution in [0.4, 0.5) is 0 Å². The lowest BCUT2D eigenvalue weighted by Gasteiger charge is -2.19. The lowest BCUT2D eigenvalue weighted by atomic mass is 9.86. The standard InChI is InChI=1S/C13H21N3O/c1-2-14-8-13-16-15-12(17-13)7-11-6-9-3-4-10(11)5-9/h9-11,14H,2-8H2,1H3. The second kappa shape index (κ2) is 4.77. The highest BCUT2D eigenvalue weighted by Gasteiger charge is 2.39. The molecule has 2 bridgehead atoms. The molecule has 0 aromatic carbocycles. The molecule has 2 aliphatic rings. The molecule has 0 radical (unpaired) electrons. The number of nitrogens with zero attached hydrogens (tertiary/aromatic N) is 2. The SMILES string of the molecule is CCNCc1nnc(CC2CC3CCC2C3)o1. The number of nitrogens with one attached hydrogen (secondary N) is 1. The van der Waals surface area contributed by atoms with Gasteiger partial charge in [0.05, 0.1) is 6.54 Å². The Labute approximate surface area is 102 Å². The Hall–Kier alpha value is -0.900. The van der Waals surface area contributed by atoms with Gasteiger partial charge >= 0.3 is 0 Å². The molecule has 3 rings (SSSR count). The number of aromatic nitrogens is 2. The summed E-state index contributed by atoms with van der Waals surface area (Å²) in [5.41, 5.74) is 0. The third-order valence-electron chi connectivity index (χ3n) is 4.36. The number of hydrogen-bond donors (Lipinski definition) is 1. The summed E-state index contributed by atoms with van der Waals surface area (Å²) in [6.07, 6.45) is 6.71. The first kappa shape index (κ1) is 11.2. The molecule has 2 fully saturated rings. The van der Waals surface area contributed by atoms with Gasteiger partial charge in [-0.15, -0.1) is 10.2 Å². The highest BCUT2D eigenvalue weighted by Crippen LogP contribution is 2.49. The molecule has 94 valence electrons. The molecule has 0 amide bonds. The van der Waals surface area contributed by atoms with E-state index in [0.717, 1.165) is 42.5 Å². The van der Waals surface area contributed by atoms with Crippen molar-refractivity contribution in [1.82, 2.24) is 15.5 Å². The van der Waals surface area contributed by atoms with Crippen molar-refractivity contribution in [2.45, 2.75) is 45.6 Å². The van der Waals surface area contributed by atoms with Gasteiger partial charge in [-0.05, 0) is 43.6 Å². The number of fused-ring (bicyclic) bond motifs is 2. The van der Waals surface area contributed by atoms with E-state index in [1.807, 2.05) is 0 Å². The smallest absolute Gasteiger partial charge is 0.230 e. The van der Waals surface area contributed by atoms with Crippen molar-refractivity contribution in [3.63, 3.8) is 0 Å². The fourth-order valence-electron chi connectivity index (χ4n) is 3.52. The monoisotopic (exact) mass is 235 g/mol. The third-order valence-corrected chi connectivity index (χ3v) is 4.36. The summed E-state index contributed by atoms with van der Waals surface area (Å²) in [5.74, 6) is 4.31. The molecular weight excluding hydrogens is 214 g/mol. The van der Waals surface area contributed by atoms with E-state index in [1.54, 1.807) is 0 Å². The summed E-state index contributed by atoms with van der Waals surface area (Å²) in [5, 5.41) is 11.4. The largest absolute Gasteiger partial charge is 0.424 e. The quantitative estimate of drug-likeness (QED) is 0.849. The summed E-state index contributed by atoms with van der Waals surface area (Å²) in [6, 6.07) is 0. The first-order valence-corrected chi connectivity index (χ1v) is 6.87. The summed E-state index contributed by atoms with van der Waals surface area (Å²) in [4.78, 5) is 0. The maximum absolute atomic E-state index is 5.67. The van der Waals surface area contributed by atoms with E-state index in [1.165, 1.54) is 25.7 Å². The maximum Gasteiger partial charge on any atom is 0.230 e. The van der Waals surface area contributed by atoms with Gasteiger partial charge in [0.2, 0.25) is 11.8 Å². The van der Waals surface area contributed by atoms with E-state index in [0.29, 0.717) is 6.54 Å². The minimum absolute atomic E-state index is 0.695. The third kappa shape index (κ3) is 2.37. The van der Waals surface area contributed by atoms with Crippen molar-refractivity contribution in [2.24, 2.45) is 17.8 Å². The van der Waals surface area contributed by atoms with Crippen LogP contribution in [0.5, 0.6) is 0 Å². The molecule has 1 N–H and O–H groups in total. The van der Waals surface area contributed by atoms with Crippen LogP contribution >= 0.6 is 0 Å². The second-order valence-corrected chi connectivity index (χ2v) is 5.51. The zero-order chi connectivity index (χ0) is 11.7. The molecule has 4 nitrogen and oxygen atoms in total. The van der Waals surface area contributed by atoms with E-state index in [4.69, 9.17) is 4.42 Å². The van der Waals surface area contributed by atoms with Gasteiger partial charge in [-0.2, -0.15) is 0 Å². The first-order chi connectivity index (χ1) is 8.35. The number of hydrogen-bond acceptors (Lipinski definition) is 4. The number of rotatable bonds is 5. The molecule has 4 heteroatoms. The van der Waals surface area contributed by atoms with Gasteiger partial charge in [-0.1, -0.05) is 13.3 Å². The lowest BCUT2D eigenvalue weighted by Crippen LogP contribution is -2.13. The average Bonchev–Trinajstić information content (AvgIpc) is 3.02. The first-order valence-electron chi connectivity index (χ1n) is 6.87. The minimum Gasteiger partial charge on any atom is -0.424 e. The normalized spacial score (nSPS) is 31.2. The van der Waals surface area contributed by atoms with Crippen LogP contribution in [0.15, 0.2) is 4.42 Å². The molecule has 0 spiro atoms. The minimum atomic E-state index is 0.695. The van der Waals surface area contributed by atoms with E-state index < -0.39 is 0 Å². The predicted octanol–water partition coefficient (Wildman–Crippen LogP) is 2.16. The van der Waals surface area contributed by atoms with Crippen LogP contribution in [0.1, 0.15) is 44.4 Å². The van der Waals surface area contributed by atoms with Crippen molar-refractivity contribution in [3.05, 3.63) is 11.8 Å². The van der Waals surface area contributed by atoms with Crippen molar-refractivity contribution < 1.29 is 4.42 Å². The van der Waals surface area contributed by atoms with E-state index in [2.05, 4.69) is 22.4 Å². The van der Waals surface area contributed by atoms with E-state index >= 15 is 0 Å². The van der Waals surface area contributed by atoms with Crippen molar-refractivity contribution in [2.75, 3.05) is 6.54 Å². The molecular formula is C13H21N3O. The van der Waals surface area contributed by atoms with E-state index in [-0.39, 0.29) is 0 Å².